The van der Waals surface area contributed by atoms with Crippen LogP contribution in [0.1, 0.15) is 88.4 Å². The normalized spacial score (nSPS) is 13.5. The molecule has 1 aliphatic heterocycles. The SMILES string of the molecule is COc1cc2c(Nc3cccc(CO)c3C)c(C(N)=O)cnc2cc1OCCCN(C)CCC#N.COc1cc2c(Nc3cccc(CO)c3C)c(C(N)=O)cnc2cc1OCCCN1CCCCC1C. The van der Waals surface area contributed by atoms with Crippen molar-refractivity contribution in [3.8, 4) is 29.1 Å². The molecule has 8 N–H and O–H groups in total. The van der Waals surface area contributed by atoms with Crippen molar-refractivity contribution in [3.05, 3.63) is 106 Å². The number of ether oxygens (including phenoxy) is 4. The summed E-state index contributed by atoms with van der Waals surface area (Å²) in [6, 6.07) is 21.1. The van der Waals surface area contributed by atoms with Crippen molar-refractivity contribution in [2.75, 3.05) is 71.3 Å². The van der Waals surface area contributed by atoms with Crippen molar-refractivity contribution in [2.24, 2.45) is 11.5 Å². The number of methoxy groups -OCH3 is 2. The number of nitrogens with one attached hydrogen (secondary N) is 2. The molecule has 7 rings (SSSR count). The van der Waals surface area contributed by atoms with E-state index in [4.69, 9.17) is 35.7 Å². The van der Waals surface area contributed by atoms with Crippen LogP contribution in [0.3, 0.4) is 0 Å². The lowest BCUT2D eigenvalue weighted by Crippen LogP contribution is -2.38. The van der Waals surface area contributed by atoms with Gasteiger partial charge in [-0.1, -0.05) is 30.7 Å². The van der Waals surface area contributed by atoms with Gasteiger partial charge in [-0.2, -0.15) is 5.26 Å². The van der Waals surface area contributed by atoms with E-state index in [9.17, 15) is 19.8 Å². The Morgan fingerprint density at radius 1 is 0.775 bits per heavy atom. The van der Waals surface area contributed by atoms with Gasteiger partial charge in [-0.3, -0.25) is 19.6 Å². The first-order valence-corrected chi connectivity index (χ1v) is 23.9. The Labute approximate surface area is 415 Å². The van der Waals surface area contributed by atoms with Crippen LogP contribution in [0.15, 0.2) is 73.1 Å². The zero-order valence-electron chi connectivity index (χ0n) is 41.6. The van der Waals surface area contributed by atoms with Gasteiger partial charge in [0.2, 0.25) is 0 Å². The van der Waals surface area contributed by atoms with Crippen LogP contribution in [0.25, 0.3) is 21.8 Å². The third kappa shape index (κ3) is 13.4. The van der Waals surface area contributed by atoms with Crippen LogP contribution in [0.2, 0.25) is 0 Å². The third-order valence-electron chi connectivity index (χ3n) is 12.9. The van der Waals surface area contributed by atoms with Gasteiger partial charge in [0.15, 0.2) is 23.0 Å². The maximum absolute atomic E-state index is 12.3. The summed E-state index contributed by atoms with van der Waals surface area (Å²) in [5.74, 6) is 1.01. The summed E-state index contributed by atoms with van der Waals surface area (Å²) in [5.41, 5.74) is 19.0. The number of pyridine rings is 2. The van der Waals surface area contributed by atoms with Crippen molar-refractivity contribution in [2.45, 2.75) is 78.6 Å². The van der Waals surface area contributed by atoms with Gasteiger partial charge in [-0.15, -0.1) is 0 Å². The number of fused-ring (bicyclic) bond motifs is 2. The number of amides is 2. The van der Waals surface area contributed by atoms with E-state index in [-0.39, 0.29) is 24.3 Å². The lowest BCUT2D eigenvalue weighted by molar-refractivity contribution is 0.0992. The Bertz CT molecular complexity index is 2850. The number of aliphatic hydroxyl groups excluding tert-OH is 2. The highest BCUT2D eigenvalue weighted by Crippen LogP contribution is 2.40. The predicted octanol–water partition coefficient (Wildman–Crippen LogP) is 8.03. The van der Waals surface area contributed by atoms with Crippen molar-refractivity contribution in [1.82, 2.24) is 19.8 Å². The van der Waals surface area contributed by atoms with Gasteiger partial charge in [-0.25, -0.2) is 0 Å². The highest BCUT2D eigenvalue weighted by molar-refractivity contribution is 6.09. The van der Waals surface area contributed by atoms with Crippen LogP contribution in [0.4, 0.5) is 22.7 Å². The van der Waals surface area contributed by atoms with Gasteiger partial charge in [-0.05, 0) is 107 Å². The van der Waals surface area contributed by atoms with Crippen LogP contribution in [-0.2, 0) is 13.2 Å². The van der Waals surface area contributed by atoms with E-state index in [0.717, 1.165) is 72.6 Å². The molecule has 2 amide bonds. The lowest BCUT2D eigenvalue weighted by Gasteiger charge is -2.33. The number of nitrogens with zero attached hydrogens (tertiary/aromatic N) is 5. The van der Waals surface area contributed by atoms with E-state index >= 15 is 0 Å². The summed E-state index contributed by atoms with van der Waals surface area (Å²) >= 11 is 0. The topological polar surface area (TPSA) is 244 Å². The number of rotatable bonds is 22. The highest BCUT2D eigenvalue weighted by Gasteiger charge is 2.21. The minimum atomic E-state index is -0.613. The summed E-state index contributed by atoms with van der Waals surface area (Å²) in [7, 11) is 5.12. The molecule has 17 nitrogen and oxygen atoms in total. The van der Waals surface area contributed by atoms with E-state index in [1.807, 2.05) is 69.4 Å². The molecule has 1 fully saturated rings. The first-order chi connectivity index (χ1) is 34.3. The molecule has 0 spiro atoms. The number of aromatic nitrogens is 2. The molecule has 4 aromatic carbocycles. The molecule has 1 aliphatic rings. The first kappa shape index (κ1) is 53.1. The maximum atomic E-state index is 12.3. The summed E-state index contributed by atoms with van der Waals surface area (Å²) in [6.07, 6.45) is 8.97. The number of hydrogen-bond acceptors (Lipinski definition) is 15. The quantitative estimate of drug-likeness (QED) is 0.0353. The molecule has 376 valence electrons. The van der Waals surface area contributed by atoms with E-state index in [0.29, 0.717) is 81.9 Å². The minimum absolute atomic E-state index is 0.0771. The molecule has 1 unspecified atom stereocenters. The molecular weight excluding hydrogens is 903 g/mol. The first-order valence-electron chi connectivity index (χ1n) is 23.9. The standard InChI is InChI=1S/C28H36N4O4.C26H31N5O4/c1-18-8-4-5-11-32(18)12-7-13-36-26-15-24-21(14-25(26)35-3)27(22(16-30-24)28(29)34)31-23-10-6-9-20(17-33)19(23)2;1-17-18(16-32)7-4-8-21(17)30-25-19-13-23(34-3)24(14-22(19)29-15-20(25)26(28)33)35-12-6-11-31(2)10-5-9-27/h6,9-10,14-16,18,33H,4-5,7-8,11-13,17H2,1-3H3,(H2,29,34)(H,30,31);4,7-8,13-15,32H,5-6,10-12,16H2,1-3H3,(H2,28,33)(H,29,30). The summed E-state index contributed by atoms with van der Waals surface area (Å²) < 4.78 is 23.3. The Kier molecular flexibility index (Phi) is 19.1. The van der Waals surface area contributed by atoms with Crippen molar-refractivity contribution >= 4 is 56.4 Å². The van der Waals surface area contributed by atoms with E-state index in [1.54, 1.807) is 26.4 Å². The Hall–Kier alpha value is -7.23. The highest BCUT2D eigenvalue weighted by atomic mass is 16.5. The zero-order valence-corrected chi connectivity index (χ0v) is 41.6. The van der Waals surface area contributed by atoms with Crippen molar-refractivity contribution < 1.29 is 38.7 Å². The van der Waals surface area contributed by atoms with Crippen LogP contribution in [0, 0.1) is 25.2 Å². The molecule has 0 aliphatic carbocycles. The molecule has 6 aromatic rings. The number of anilines is 4. The second kappa shape index (κ2) is 25.6. The monoisotopic (exact) mass is 970 g/mol. The number of benzene rings is 4. The number of carbonyl (C=O) groups is 2. The van der Waals surface area contributed by atoms with Gasteiger partial charge in [0.25, 0.3) is 11.8 Å². The minimum Gasteiger partial charge on any atom is -0.493 e. The largest absolute Gasteiger partial charge is 0.493 e. The number of piperidine rings is 1. The van der Waals surface area contributed by atoms with Gasteiger partial charge in [0, 0.05) is 78.8 Å². The Morgan fingerprint density at radius 3 is 1.73 bits per heavy atom. The molecule has 71 heavy (non-hydrogen) atoms. The number of aliphatic hydroxyl groups is 2. The average Bonchev–Trinajstić information content (AvgIpc) is 3.37. The maximum Gasteiger partial charge on any atom is 0.252 e. The fourth-order valence-corrected chi connectivity index (χ4v) is 8.65. The van der Waals surface area contributed by atoms with E-state index in [1.165, 1.54) is 31.7 Å². The number of hydrogen-bond donors (Lipinski definition) is 6. The molecule has 0 saturated carbocycles. The smallest absolute Gasteiger partial charge is 0.252 e. The van der Waals surface area contributed by atoms with Gasteiger partial charge in [0.1, 0.15) is 0 Å². The molecule has 17 heteroatoms. The molecular formula is C54H67N9O8. The fourth-order valence-electron chi connectivity index (χ4n) is 8.65. The molecule has 3 heterocycles. The summed E-state index contributed by atoms with van der Waals surface area (Å²) in [5, 5.41) is 36.0. The van der Waals surface area contributed by atoms with Crippen molar-refractivity contribution in [1.29, 1.82) is 5.26 Å². The van der Waals surface area contributed by atoms with Crippen LogP contribution in [-0.4, -0.2) is 108 Å². The summed E-state index contributed by atoms with van der Waals surface area (Å²) in [6.45, 7) is 10.7. The molecule has 1 saturated heterocycles. The third-order valence-corrected chi connectivity index (χ3v) is 12.9. The number of likely N-dealkylation sites (tertiary alicyclic amines) is 1. The average molecular weight is 970 g/mol. The number of primary amides is 2. The number of carbonyl (C=O) groups excluding carboxylic acids is 2. The van der Waals surface area contributed by atoms with Gasteiger partial charge >= 0.3 is 0 Å². The summed E-state index contributed by atoms with van der Waals surface area (Å²) in [4.78, 5) is 38.0. The van der Waals surface area contributed by atoms with Crippen LogP contribution < -0.4 is 41.0 Å². The molecule has 0 bridgehead atoms. The van der Waals surface area contributed by atoms with E-state index in [2.05, 4.69) is 43.4 Å². The number of nitriles is 1. The molecule has 1 atom stereocenters. The Morgan fingerprint density at radius 2 is 1.28 bits per heavy atom. The van der Waals surface area contributed by atoms with Crippen LogP contribution in [0.5, 0.6) is 23.0 Å². The zero-order chi connectivity index (χ0) is 51.0. The number of nitrogens with two attached hydrogens (primary N) is 2. The second-order valence-electron chi connectivity index (χ2n) is 17.6. The Balaban J connectivity index is 0.000000233. The van der Waals surface area contributed by atoms with Crippen molar-refractivity contribution in [3.63, 3.8) is 0 Å². The lowest BCUT2D eigenvalue weighted by atomic mass is 10.0. The van der Waals surface area contributed by atoms with Gasteiger partial charge < -0.3 is 61.1 Å². The van der Waals surface area contributed by atoms with Crippen LogP contribution >= 0.6 is 0 Å². The van der Waals surface area contributed by atoms with Gasteiger partial charge in [0.05, 0.1) is 80.3 Å². The fraction of sp³-hybridized carbons (Fsp3) is 0.389. The molecule has 0 radical (unpaired) electrons. The second-order valence-corrected chi connectivity index (χ2v) is 17.6. The molecule has 2 aromatic heterocycles. The predicted molar refractivity (Wildman–Crippen MR) is 277 cm³/mol. The van der Waals surface area contributed by atoms with E-state index < -0.39 is 11.8 Å².